The zero-order valence-corrected chi connectivity index (χ0v) is 15.6. The van der Waals surface area contributed by atoms with Crippen molar-refractivity contribution in [3.8, 4) is 0 Å². The number of anilines is 1. The summed E-state index contributed by atoms with van der Waals surface area (Å²) in [4.78, 5) is 17.1. The molecule has 0 radical (unpaired) electrons. The van der Waals surface area contributed by atoms with E-state index in [9.17, 15) is 4.79 Å². The van der Waals surface area contributed by atoms with E-state index in [2.05, 4.69) is 54.4 Å². The minimum absolute atomic E-state index is 0.0195. The zero-order valence-electron chi connectivity index (χ0n) is 15.6. The van der Waals surface area contributed by atoms with Gasteiger partial charge in [0.1, 0.15) is 0 Å². The third kappa shape index (κ3) is 3.21. The van der Waals surface area contributed by atoms with Crippen molar-refractivity contribution in [2.45, 2.75) is 38.8 Å². The number of carbonyl (C=O) groups excluding carboxylic acids is 1. The largest absolute Gasteiger partial charge is 0.336 e. The van der Waals surface area contributed by atoms with E-state index in [1.54, 1.807) is 0 Å². The fourth-order valence-electron chi connectivity index (χ4n) is 4.17. The van der Waals surface area contributed by atoms with Gasteiger partial charge in [-0.3, -0.25) is 9.80 Å². The Labute approximate surface area is 155 Å². The van der Waals surface area contributed by atoms with Crippen molar-refractivity contribution in [3.63, 3.8) is 0 Å². The number of benzene rings is 2. The summed E-state index contributed by atoms with van der Waals surface area (Å²) in [7, 11) is 0. The Morgan fingerprint density at radius 2 is 1.88 bits per heavy atom. The normalized spacial score (nSPS) is 20.4. The molecule has 2 atom stereocenters. The summed E-state index contributed by atoms with van der Waals surface area (Å²) in [5.74, 6) is 0.396. The van der Waals surface area contributed by atoms with Crippen LogP contribution in [-0.2, 0) is 13.0 Å². The highest BCUT2D eigenvalue weighted by Crippen LogP contribution is 2.35. The topological polar surface area (TPSA) is 35.6 Å². The molecule has 0 spiro atoms. The third-order valence-electron chi connectivity index (χ3n) is 5.79. The van der Waals surface area contributed by atoms with E-state index in [4.69, 9.17) is 0 Å². The smallest absolute Gasteiger partial charge is 0.321 e. The second kappa shape index (κ2) is 7.12. The van der Waals surface area contributed by atoms with Gasteiger partial charge in [-0.15, -0.1) is 0 Å². The maximum Gasteiger partial charge on any atom is 0.321 e. The molecule has 0 saturated carbocycles. The standard InChI is InChI=1S/C22H27N3O/c1-16-14-25(21-10-6-5-9-20(16)21)22(26)23-13-17(2)24-12-11-18-7-3-4-8-19(18)15-24/h3-10,16-17H,11-15H2,1-2H3,(H,23,26). The van der Waals surface area contributed by atoms with Crippen molar-refractivity contribution < 1.29 is 4.79 Å². The van der Waals surface area contributed by atoms with Crippen molar-refractivity contribution >= 4 is 11.7 Å². The molecule has 4 nitrogen and oxygen atoms in total. The fraction of sp³-hybridized carbons (Fsp3) is 0.409. The minimum Gasteiger partial charge on any atom is -0.336 e. The van der Waals surface area contributed by atoms with Gasteiger partial charge in [0.25, 0.3) is 0 Å². The molecule has 0 fully saturated rings. The van der Waals surface area contributed by atoms with Crippen LogP contribution in [0.1, 0.15) is 36.5 Å². The summed E-state index contributed by atoms with van der Waals surface area (Å²) >= 11 is 0. The fourth-order valence-corrected chi connectivity index (χ4v) is 4.17. The van der Waals surface area contributed by atoms with E-state index >= 15 is 0 Å². The van der Waals surface area contributed by atoms with Crippen LogP contribution >= 0.6 is 0 Å². The average molecular weight is 349 g/mol. The lowest BCUT2D eigenvalue weighted by Gasteiger charge is -2.34. The van der Waals surface area contributed by atoms with Gasteiger partial charge in [0, 0.05) is 43.8 Å². The van der Waals surface area contributed by atoms with Crippen LogP contribution in [0.3, 0.4) is 0 Å². The maximum atomic E-state index is 12.7. The van der Waals surface area contributed by atoms with Crippen molar-refractivity contribution in [1.29, 1.82) is 0 Å². The van der Waals surface area contributed by atoms with Crippen LogP contribution in [0.15, 0.2) is 48.5 Å². The second-order valence-corrected chi connectivity index (χ2v) is 7.59. The number of amides is 2. The Kier molecular flexibility index (Phi) is 4.68. The van der Waals surface area contributed by atoms with Gasteiger partial charge in [0.05, 0.1) is 0 Å². The molecule has 136 valence electrons. The Morgan fingerprint density at radius 1 is 1.15 bits per heavy atom. The summed E-state index contributed by atoms with van der Waals surface area (Å²) in [5, 5.41) is 3.15. The van der Waals surface area contributed by atoms with Crippen LogP contribution in [0.5, 0.6) is 0 Å². The molecule has 0 saturated heterocycles. The SMILES string of the molecule is CC1CN(C(=O)NCC(C)N2CCc3ccccc3C2)c2ccccc21. The molecular weight excluding hydrogens is 322 g/mol. The molecule has 2 aromatic rings. The summed E-state index contributed by atoms with van der Waals surface area (Å²) in [5.41, 5.74) is 5.20. The monoisotopic (exact) mass is 349 g/mol. The summed E-state index contributed by atoms with van der Waals surface area (Å²) in [6, 6.07) is 17.2. The first kappa shape index (κ1) is 17.1. The quantitative estimate of drug-likeness (QED) is 0.916. The first-order chi connectivity index (χ1) is 12.6. The molecule has 2 amide bonds. The number of nitrogens with one attached hydrogen (secondary N) is 1. The number of hydrogen-bond acceptors (Lipinski definition) is 2. The highest BCUT2D eigenvalue weighted by Gasteiger charge is 2.29. The molecule has 2 heterocycles. The predicted molar refractivity (Wildman–Crippen MR) is 106 cm³/mol. The molecule has 2 aliphatic rings. The van der Waals surface area contributed by atoms with Crippen LogP contribution in [0.2, 0.25) is 0 Å². The number of rotatable bonds is 3. The lowest BCUT2D eigenvalue weighted by Crippen LogP contribution is -2.47. The summed E-state index contributed by atoms with van der Waals surface area (Å²) in [6.45, 7) is 7.84. The molecular formula is C22H27N3O. The number of urea groups is 1. The molecule has 0 aromatic heterocycles. The van der Waals surface area contributed by atoms with E-state index in [1.807, 2.05) is 23.1 Å². The van der Waals surface area contributed by atoms with Crippen LogP contribution in [-0.4, -0.2) is 36.6 Å². The zero-order chi connectivity index (χ0) is 18.1. The Bertz CT molecular complexity index is 803. The Balaban J connectivity index is 1.35. The molecule has 2 aliphatic heterocycles. The van der Waals surface area contributed by atoms with Crippen LogP contribution in [0.25, 0.3) is 0 Å². The van der Waals surface area contributed by atoms with Crippen LogP contribution < -0.4 is 10.2 Å². The average Bonchev–Trinajstić information content (AvgIpc) is 3.02. The van der Waals surface area contributed by atoms with Gasteiger partial charge in [-0.1, -0.05) is 49.4 Å². The molecule has 2 unspecified atom stereocenters. The first-order valence-electron chi connectivity index (χ1n) is 9.58. The number of fused-ring (bicyclic) bond motifs is 2. The van der Waals surface area contributed by atoms with Gasteiger partial charge in [-0.05, 0) is 36.1 Å². The molecule has 26 heavy (non-hydrogen) atoms. The van der Waals surface area contributed by atoms with E-state index in [-0.39, 0.29) is 6.03 Å². The number of hydrogen-bond donors (Lipinski definition) is 1. The third-order valence-corrected chi connectivity index (χ3v) is 5.79. The lowest BCUT2D eigenvalue weighted by atomic mass is 9.99. The van der Waals surface area contributed by atoms with E-state index < -0.39 is 0 Å². The molecule has 0 aliphatic carbocycles. The van der Waals surface area contributed by atoms with Crippen molar-refractivity contribution in [1.82, 2.24) is 10.2 Å². The number of nitrogens with zero attached hydrogens (tertiary/aromatic N) is 2. The van der Waals surface area contributed by atoms with Crippen molar-refractivity contribution in [3.05, 3.63) is 65.2 Å². The van der Waals surface area contributed by atoms with E-state index in [0.29, 0.717) is 18.5 Å². The van der Waals surface area contributed by atoms with Gasteiger partial charge in [0.15, 0.2) is 0 Å². The number of carbonyl (C=O) groups is 1. The van der Waals surface area contributed by atoms with Crippen molar-refractivity contribution in [2.24, 2.45) is 0 Å². The Hall–Kier alpha value is -2.33. The highest BCUT2D eigenvalue weighted by atomic mass is 16.2. The molecule has 0 bridgehead atoms. The highest BCUT2D eigenvalue weighted by molar-refractivity contribution is 5.94. The number of para-hydroxylation sites is 1. The van der Waals surface area contributed by atoms with Gasteiger partial charge in [0.2, 0.25) is 0 Å². The van der Waals surface area contributed by atoms with Gasteiger partial charge >= 0.3 is 6.03 Å². The molecule has 1 N–H and O–H groups in total. The van der Waals surface area contributed by atoms with Crippen molar-refractivity contribution in [2.75, 3.05) is 24.5 Å². The minimum atomic E-state index is 0.0195. The van der Waals surface area contributed by atoms with Crippen LogP contribution in [0.4, 0.5) is 10.5 Å². The second-order valence-electron chi connectivity index (χ2n) is 7.59. The first-order valence-corrected chi connectivity index (χ1v) is 9.58. The molecule has 4 rings (SSSR count). The van der Waals surface area contributed by atoms with Gasteiger partial charge in [-0.25, -0.2) is 4.79 Å². The van der Waals surface area contributed by atoms with E-state index in [0.717, 1.165) is 31.7 Å². The molecule has 4 heteroatoms. The maximum absolute atomic E-state index is 12.7. The van der Waals surface area contributed by atoms with E-state index in [1.165, 1.54) is 16.7 Å². The Morgan fingerprint density at radius 3 is 2.73 bits per heavy atom. The van der Waals surface area contributed by atoms with Crippen LogP contribution in [0, 0.1) is 0 Å². The summed E-state index contributed by atoms with van der Waals surface area (Å²) in [6.07, 6.45) is 1.09. The summed E-state index contributed by atoms with van der Waals surface area (Å²) < 4.78 is 0. The van der Waals surface area contributed by atoms with Gasteiger partial charge < -0.3 is 5.32 Å². The predicted octanol–water partition coefficient (Wildman–Crippen LogP) is 3.77. The molecule has 2 aromatic carbocycles. The lowest BCUT2D eigenvalue weighted by molar-refractivity contribution is 0.186. The van der Waals surface area contributed by atoms with Gasteiger partial charge in [-0.2, -0.15) is 0 Å².